The minimum atomic E-state index is -0.635. The molecule has 1 rings (SSSR count). The second-order valence-corrected chi connectivity index (χ2v) is 4.17. The van der Waals surface area contributed by atoms with Crippen LogP contribution < -0.4 is 5.73 Å². The van der Waals surface area contributed by atoms with Gasteiger partial charge in [0.2, 0.25) is 5.91 Å². The molecule has 5 nitrogen and oxygen atoms in total. The maximum atomic E-state index is 12.0. The number of hydrogen-bond acceptors (Lipinski definition) is 4. The van der Waals surface area contributed by atoms with Gasteiger partial charge in [-0.05, 0) is 6.92 Å². The summed E-state index contributed by atoms with van der Waals surface area (Å²) in [5, 5.41) is 8.44. The van der Waals surface area contributed by atoms with E-state index in [-0.39, 0.29) is 11.9 Å². The Morgan fingerprint density at radius 3 is 2.93 bits per heavy atom. The predicted molar refractivity (Wildman–Crippen MR) is 54.8 cm³/mol. The number of carbonyl (C=O) groups is 1. The Morgan fingerprint density at radius 1 is 1.80 bits per heavy atom. The molecule has 84 valence electrons. The van der Waals surface area contributed by atoms with Crippen LogP contribution in [0, 0.1) is 16.7 Å². The maximum absolute atomic E-state index is 12.0. The van der Waals surface area contributed by atoms with Gasteiger partial charge in [-0.25, -0.2) is 0 Å². The summed E-state index contributed by atoms with van der Waals surface area (Å²) in [6, 6.07) is 1.76. The third kappa shape index (κ3) is 2.28. The van der Waals surface area contributed by atoms with Gasteiger partial charge in [0.1, 0.15) is 0 Å². The molecule has 1 saturated heterocycles. The molecule has 1 aliphatic heterocycles. The summed E-state index contributed by atoms with van der Waals surface area (Å²) >= 11 is 0. The van der Waals surface area contributed by atoms with Crippen molar-refractivity contribution >= 4 is 5.91 Å². The molecule has 0 aromatic heterocycles. The summed E-state index contributed by atoms with van der Waals surface area (Å²) in [4.78, 5) is 13.6. The molecule has 15 heavy (non-hydrogen) atoms. The number of carbonyl (C=O) groups excluding carboxylic acids is 1. The van der Waals surface area contributed by atoms with Crippen LogP contribution in [0.4, 0.5) is 0 Å². The fourth-order valence-corrected chi connectivity index (χ4v) is 1.66. The van der Waals surface area contributed by atoms with Gasteiger partial charge in [-0.2, -0.15) is 5.26 Å². The largest absolute Gasteiger partial charge is 0.379 e. The van der Waals surface area contributed by atoms with Crippen LogP contribution in [-0.2, 0) is 9.53 Å². The van der Waals surface area contributed by atoms with Gasteiger partial charge in [0.15, 0.2) is 0 Å². The molecule has 0 saturated carbocycles. The number of nitriles is 1. The molecule has 5 heteroatoms. The van der Waals surface area contributed by atoms with Gasteiger partial charge in [-0.3, -0.25) is 4.79 Å². The second kappa shape index (κ2) is 4.60. The molecule has 2 unspecified atom stereocenters. The van der Waals surface area contributed by atoms with Gasteiger partial charge in [-0.1, -0.05) is 0 Å². The number of nitrogens with two attached hydrogens (primary N) is 1. The van der Waals surface area contributed by atoms with Gasteiger partial charge in [-0.15, -0.1) is 0 Å². The van der Waals surface area contributed by atoms with Crippen molar-refractivity contribution in [1.82, 2.24) is 4.90 Å². The van der Waals surface area contributed by atoms with E-state index in [4.69, 9.17) is 15.7 Å². The monoisotopic (exact) mass is 211 g/mol. The third-order valence-electron chi connectivity index (χ3n) is 2.91. The van der Waals surface area contributed by atoms with Crippen molar-refractivity contribution in [2.24, 2.45) is 11.1 Å². The van der Waals surface area contributed by atoms with E-state index in [0.717, 1.165) is 0 Å². The predicted octanol–water partition coefficient (Wildman–Crippen LogP) is -0.278. The van der Waals surface area contributed by atoms with Crippen LogP contribution in [0.25, 0.3) is 0 Å². The molecule has 0 aliphatic carbocycles. The van der Waals surface area contributed by atoms with Crippen LogP contribution in [0.15, 0.2) is 0 Å². The smallest absolute Gasteiger partial charge is 0.232 e. The van der Waals surface area contributed by atoms with Crippen molar-refractivity contribution in [1.29, 1.82) is 5.26 Å². The van der Waals surface area contributed by atoms with E-state index in [0.29, 0.717) is 26.2 Å². The first-order valence-corrected chi connectivity index (χ1v) is 4.98. The Bertz CT molecular complexity index is 287. The van der Waals surface area contributed by atoms with Crippen LogP contribution in [-0.4, -0.2) is 43.7 Å². The summed E-state index contributed by atoms with van der Waals surface area (Å²) < 4.78 is 5.21. The van der Waals surface area contributed by atoms with E-state index >= 15 is 0 Å². The first-order valence-electron chi connectivity index (χ1n) is 4.98. The zero-order chi connectivity index (χ0) is 11.5. The Kier molecular flexibility index (Phi) is 3.66. The molecule has 0 bridgehead atoms. The highest BCUT2D eigenvalue weighted by molar-refractivity contribution is 5.83. The Hall–Kier alpha value is -1.12. The first kappa shape index (κ1) is 12.0. The maximum Gasteiger partial charge on any atom is 0.232 e. The van der Waals surface area contributed by atoms with Crippen molar-refractivity contribution in [3.05, 3.63) is 0 Å². The van der Waals surface area contributed by atoms with Gasteiger partial charge in [0, 0.05) is 19.6 Å². The molecule has 0 aromatic rings. The van der Waals surface area contributed by atoms with Crippen LogP contribution >= 0.6 is 0 Å². The number of amides is 1. The van der Waals surface area contributed by atoms with Gasteiger partial charge in [0.05, 0.1) is 31.1 Å². The van der Waals surface area contributed by atoms with E-state index < -0.39 is 5.41 Å². The first-order chi connectivity index (χ1) is 7.02. The van der Waals surface area contributed by atoms with E-state index in [1.807, 2.05) is 13.0 Å². The van der Waals surface area contributed by atoms with Crippen molar-refractivity contribution in [3.8, 4) is 6.07 Å². The van der Waals surface area contributed by atoms with Crippen molar-refractivity contribution < 1.29 is 9.53 Å². The number of hydrogen-bond donors (Lipinski definition) is 1. The molecule has 2 atom stereocenters. The standard InChI is InChI=1S/C10H17N3O2/c1-10(7-15-6-8(10)12)9(14)13(2)5-3-4-11/h8H,3,5-7,12H2,1-2H3. The van der Waals surface area contributed by atoms with Crippen LogP contribution in [0.3, 0.4) is 0 Å². The molecular weight excluding hydrogens is 194 g/mol. The highest BCUT2D eigenvalue weighted by Gasteiger charge is 2.45. The molecule has 1 aliphatic rings. The number of rotatable bonds is 3. The molecule has 0 aromatic carbocycles. The number of ether oxygens (including phenoxy) is 1. The zero-order valence-corrected chi connectivity index (χ0v) is 9.19. The normalized spacial score (nSPS) is 29.9. The van der Waals surface area contributed by atoms with E-state index in [2.05, 4.69) is 0 Å². The van der Waals surface area contributed by atoms with Gasteiger partial charge >= 0.3 is 0 Å². The average Bonchev–Trinajstić information content (AvgIpc) is 2.56. The average molecular weight is 211 g/mol. The SMILES string of the molecule is CN(CCC#N)C(=O)C1(C)COCC1N. The summed E-state index contributed by atoms with van der Waals surface area (Å²) in [7, 11) is 1.69. The van der Waals surface area contributed by atoms with Gasteiger partial charge in [0.25, 0.3) is 0 Å². The van der Waals surface area contributed by atoms with Gasteiger partial charge < -0.3 is 15.4 Å². The highest BCUT2D eigenvalue weighted by atomic mass is 16.5. The zero-order valence-electron chi connectivity index (χ0n) is 9.19. The van der Waals surface area contributed by atoms with Crippen molar-refractivity contribution in [3.63, 3.8) is 0 Å². The van der Waals surface area contributed by atoms with Crippen molar-refractivity contribution in [2.75, 3.05) is 26.8 Å². The van der Waals surface area contributed by atoms with E-state index in [1.54, 1.807) is 11.9 Å². The molecule has 2 N–H and O–H groups in total. The molecule has 1 amide bonds. The molecule has 1 heterocycles. The van der Waals surface area contributed by atoms with Crippen LogP contribution in [0.2, 0.25) is 0 Å². The topological polar surface area (TPSA) is 79.3 Å². The van der Waals surface area contributed by atoms with Crippen LogP contribution in [0.5, 0.6) is 0 Å². The summed E-state index contributed by atoms with van der Waals surface area (Å²) in [6.07, 6.45) is 0.342. The highest BCUT2D eigenvalue weighted by Crippen LogP contribution is 2.29. The van der Waals surface area contributed by atoms with Crippen molar-refractivity contribution in [2.45, 2.75) is 19.4 Å². The molecule has 0 radical (unpaired) electrons. The molecular formula is C10H17N3O2. The lowest BCUT2D eigenvalue weighted by Gasteiger charge is -2.30. The summed E-state index contributed by atoms with van der Waals surface area (Å²) in [6.45, 7) is 3.05. The molecule has 1 fully saturated rings. The van der Waals surface area contributed by atoms with Crippen LogP contribution in [0.1, 0.15) is 13.3 Å². The minimum absolute atomic E-state index is 0.0391. The van der Waals surface area contributed by atoms with E-state index in [1.165, 1.54) is 0 Å². The lowest BCUT2D eigenvalue weighted by atomic mass is 9.84. The fourth-order valence-electron chi connectivity index (χ4n) is 1.66. The Balaban J connectivity index is 2.63. The lowest BCUT2D eigenvalue weighted by molar-refractivity contribution is -0.140. The Labute approximate surface area is 89.8 Å². The summed E-state index contributed by atoms with van der Waals surface area (Å²) in [5.41, 5.74) is 5.21. The third-order valence-corrected chi connectivity index (χ3v) is 2.91. The lowest BCUT2D eigenvalue weighted by Crippen LogP contribution is -2.50. The summed E-state index contributed by atoms with van der Waals surface area (Å²) in [5.74, 6) is -0.0391. The number of nitrogens with zero attached hydrogens (tertiary/aromatic N) is 2. The fraction of sp³-hybridized carbons (Fsp3) is 0.800. The van der Waals surface area contributed by atoms with E-state index in [9.17, 15) is 4.79 Å². The molecule has 0 spiro atoms. The second-order valence-electron chi connectivity index (χ2n) is 4.17. The quantitative estimate of drug-likeness (QED) is 0.696. The Morgan fingerprint density at radius 2 is 2.47 bits per heavy atom. The minimum Gasteiger partial charge on any atom is -0.379 e.